The van der Waals surface area contributed by atoms with E-state index >= 15 is 0 Å². The van der Waals surface area contributed by atoms with Crippen LogP contribution in [0.15, 0.2) is 48.5 Å². The van der Waals surface area contributed by atoms with E-state index < -0.39 is 0 Å². The summed E-state index contributed by atoms with van der Waals surface area (Å²) in [5.41, 5.74) is 1.18. The van der Waals surface area contributed by atoms with Gasteiger partial charge >= 0.3 is 0 Å². The summed E-state index contributed by atoms with van der Waals surface area (Å²) in [5.74, 6) is 1.77. The maximum absolute atomic E-state index is 11.3. The molecule has 0 aliphatic heterocycles. The Labute approximate surface area is 129 Å². The van der Waals surface area contributed by atoms with E-state index in [0.717, 1.165) is 5.75 Å². The largest absolute Gasteiger partial charge is 0.484 e. The normalized spacial score (nSPS) is 10.1. The molecule has 5 heteroatoms. The Morgan fingerprint density at radius 2 is 1.55 bits per heavy atom. The first-order valence-corrected chi connectivity index (χ1v) is 7.02. The summed E-state index contributed by atoms with van der Waals surface area (Å²) in [4.78, 5) is 11.3. The molecule has 0 atom stereocenters. The van der Waals surface area contributed by atoms with Crippen molar-refractivity contribution >= 4 is 5.91 Å². The van der Waals surface area contributed by atoms with Gasteiger partial charge in [0.1, 0.15) is 17.2 Å². The smallest absolute Gasteiger partial charge is 0.258 e. The van der Waals surface area contributed by atoms with Gasteiger partial charge < -0.3 is 19.9 Å². The van der Waals surface area contributed by atoms with Crippen molar-refractivity contribution in [3.05, 3.63) is 54.1 Å². The van der Waals surface area contributed by atoms with Crippen LogP contribution >= 0.6 is 0 Å². The molecular weight excluding hydrogens is 282 g/mol. The summed E-state index contributed by atoms with van der Waals surface area (Å²) in [6.45, 7) is 2.08. The lowest BCUT2D eigenvalue weighted by molar-refractivity contribution is -0.123. The zero-order valence-electron chi connectivity index (χ0n) is 12.4. The van der Waals surface area contributed by atoms with Crippen molar-refractivity contribution in [2.24, 2.45) is 0 Å². The van der Waals surface area contributed by atoms with E-state index in [9.17, 15) is 4.79 Å². The number of aliphatic hydroxyl groups excluding tert-OH is 1. The van der Waals surface area contributed by atoms with E-state index in [1.165, 1.54) is 5.56 Å². The molecule has 2 N–H and O–H groups in total. The summed E-state index contributed by atoms with van der Waals surface area (Å²) in [7, 11) is 0. The predicted octanol–water partition coefficient (Wildman–Crippen LogP) is 2.27. The Morgan fingerprint density at radius 3 is 2.14 bits per heavy atom. The summed E-state index contributed by atoms with van der Waals surface area (Å²) >= 11 is 0. The van der Waals surface area contributed by atoms with E-state index in [2.05, 4.69) is 5.32 Å². The van der Waals surface area contributed by atoms with Crippen LogP contribution in [-0.2, 0) is 4.79 Å². The van der Waals surface area contributed by atoms with E-state index in [4.69, 9.17) is 14.6 Å². The van der Waals surface area contributed by atoms with Crippen molar-refractivity contribution in [2.45, 2.75) is 6.92 Å². The van der Waals surface area contributed by atoms with E-state index in [1.807, 2.05) is 31.2 Å². The standard InChI is InChI=1S/C17H19NO4/c1-13-2-4-15(5-3-13)22-16-8-6-14(7-9-16)21-12-17(20)18-10-11-19/h2-9,19H,10-12H2,1H3,(H,18,20). The average Bonchev–Trinajstić information content (AvgIpc) is 2.54. The molecule has 116 valence electrons. The number of rotatable bonds is 7. The van der Waals surface area contributed by atoms with Crippen molar-refractivity contribution in [1.29, 1.82) is 0 Å². The highest BCUT2D eigenvalue weighted by Gasteiger charge is 2.03. The maximum Gasteiger partial charge on any atom is 0.258 e. The molecule has 2 rings (SSSR count). The first kappa shape index (κ1) is 15.9. The number of hydrogen-bond donors (Lipinski definition) is 2. The zero-order valence-corrected chi connectivity index (χ0v) is 12.4. The fourth-order valence-electron chi connectivity index (χ4n) is 1.74. The van der Waals surface area contributed by atoms with Gasteiger partial charge in [-0.2, -0.15) is 0 Å². The van der Waals surface area contributed by atoms with Gasteiger partial charge in [0, 0.05) is 6.54 Å². The number of nitrogens with one attached hydrogen (secondary N) is 1. The highest BCUT2D eigenvalue weighted by molar-refractivity contribution is 5.77. The number of aliphatic hydroxyl groups is 1. The van der Waals surface area contributed by atoms with Crippen LogP contribution in [0.4, 0.5) is 0 Å². The number of ether oxygens (including phenoxy) is 2. The number of aryl methyl sites for hydroxylation is 1. The molecule has 0 aliphatic carbocycles. The second-order valence-corrected chi connectivity index (χ2v) is 4.75. The Bertz CT molecular complexity index is 593. The Kier molecular flexibility index (Phi) is 5.80. The second-order valence-electron chi connectivity index (χ2n) is 4.75. The molecule has 0 radical (unpaired) electrons. The van der Waals surface area contributed by atoms with Gasteiger partial charge in [-0.15, -0.1) is 0 Å². The molecule has 0 aliphatic rings. The van der Waals surface area contributed by atoms with Gasteiger partial charge in [-0.25, -0.2) is 0 Å². The minimum absolute atomic E-state index is 0.0852. The molecule has 2 aromatic rings. The molecule has 1 amide bonds. The molecule has 0 fully saturated rings. The highest BCUT2D eigenvalue weighted by Crippen LogP contribution is 2.24. The minimum Gasteiger partial charge on any atom is -0.484 e. The number of benzene rings is 2. The van der Waals surface area contributed by atoms with Gasteiger partial charge in [0.05, 0.1) is 6.61 Å². The van der Waals surface area contributed by atoms with E-state index in [0.29, 0.717) is 11.5 Å². The lowest BCUT2D eigenvalue weighted by Crippen LogP contribution is -2.31. The van der Waals surface area contributed by atoms with Crippen LogP contribution in [0.3, 0.4) is 0 Å². The molecular formula is C17H19NO4. The fraction of sp³-hybridized carbons (Fsp3) is 0.235. The maximum atomic E-state index is 11.3. The quantitative estimate of drug-likeness (QED) is 0.823. The number of carbonyl (C=O) groups excluding carboxylic acids is 1. The summed E-state index contributed by atoms with van der Waals surface area (Å²) < 4.78 is 11.0. The molecule has 0 saturated heterocycles. The van der Waals surface area contributed by atoms with Gasteiger partial charge in [0.15, 0.2) is 6.61 Å². The molecule has 0 saturated carbocycles. The molecule has 5 nitrogen and oxygen atoms in total. The van der Waals surface area contributed by atoms with Crippen LogP contribution in [0.5, 0.6) is 17.2 Å². The van der Waals surface area contributed by atoms with Crippen molar-refractivity contribution < 1.29 is 19.4 Å². The molecule has 0 aromatic heterocycles. The van der Waals surface area contributed by atoms with Gasteiger partial charge in [-0.05, 0) is 43.3 Å². The molecule has 0 unspecified atom stereocenters. The SMILES string of the molecule is Cc1ccc(Oc2ccc(OCC(=O)NCCO)cc2)cc1. The second kappa shape index (κ2) is 8.05. The first-order chi connectivity index (χ1) is 10.7. The molecule has 0 spiro atoms. The lowest BCUT2D eigenvalue weighted by Gasteiger charge is -2.09. The minimum atomic E-state index is -0.269. The van der Waals surface area contributed by atoms with Crippen molar-refractivity contribution in [3.63, 3.8) is 0 Å². The van der Waals surface area contributed by atoms with Gasteiger partial charge in [0.2, 0.25) is 0 Å². The Balaban J connectivity index is 1.85. The molecule has 0 heterocycles. The van der Waals surface area contributed by atoms with Crippen LogP contribution < -0.4 is 14.8 Å². The Hall–Kier alpha value is -2.53. The third kappa shape index (κ3) is 5.10. The fourth-order valence-corrected chi connectivity index (χ4v) is 1.74. The summed E-state index contributed by atoms with van der Waals surface area (Å²) in [6.07, 6.45) is 0. The Morgan fingerprint density at radius 1 is 1.00 bits per heavy atom. The highest BCUT2D eigenvalue weighted by atomic mass is 16.5. The van der Waals surface area contributed by atoms with Crippen LogP contribution in [0.25, 0.3) is 0 Å². The molecule has 0 bridgehead atoms. The average molecular weight is 301 g/mol. The molecule has 2 aromatic carbocycles. The molecule has 22 heavy (non-hydrogen) atoms. The monoisotopic (exact) mass is 301 g/mol. The number of carbonyl (C=O) groups is 1. The first-order valence-electron chi connectivity index (χ1n) is 7.02. The predicted molar refractivity (Wildman–Crippen MR) is 83.3 cm³/mol. The topological polar surface area (TPSA) is 67.8 Å². The van der Waals surface area contributed by atoms with Gasteiger partial charge in [-0.1, -0.05) is 17.7 Å². The zero-order chi connectivity index (χ0) is 15.8. The van der Waals surface area contributed by atoms with Crippen LogP contribution in [0.1, 0.15) is 5.56 Å². The summed E-state index contributed by atoms with van der Waals surface area (Å²) in [5, 5.41) is 11.1. The summed E-state index contributed by atoms with van der Waals surface area (Å²) in [6, 6.07) is 14.8. The van der Waals surface area contributed by atoms with Crippen LogP contribution in [0.2, 0.25) is 0 Å². The van der Waals surface area contributed by atoms with E-state index in [-0.39, 0.29) is 25.7 Å². The van der Waals surface area contributed by atoms with Gasteiger partial charge in [-0.3, -0.25) is 4.79 Å². The van der Waals surface area contributed by atoms with Crippen molar-refractivity contribution in [3.8, 4) is 17.2 Å². The number of amides is 1. The van der Waals surface area contributed by atoms with Gasteiger partial charge in [0.25, 0.3) is 5.91 Å². The van der Waals surface area contributed by atoms with E-state index in [1.54, 1.807) is 24.3 Å². The lowest BCUT2D eigenvalue weighted by atomic mass is 10.2. The number of hydrogen-bond acceptors (Lipinski definition) is 4. The van der Waals surface area contributed by atoms with Crippen LogP contribution in [0, 0.1) is 6.92 Å². The van der Waals surface area contributed by atoms with Crippen LogP contribution in [-0.4, -0.2) is 30.8 Å². The third-order valence-corrected chi connectivity index (χ3v) is 2.88. The third-order valence-electron chi connectivity index (χ3n) is 2.88. The van der Waals surface area contributed by atoms with Crippen molar-refractivity contribution in [1.82, 2.24) is 5.32 Å². The van der Waals surface area contributed by atoms with Crippen molar-refractivity contribution in [2.75, 3.05) is 19.8 Å².